The van der Waals surface area contributed by atoms with Gasteiger partial charge in [-0.2, -0.15) is 5.10 Å². The zero-order chi connectivity index (χ0) is 23.3. The van der Waals surface area contributed by atoms with Crippen LogP contribution in [0.15, 0.2) is 53.8 Å². The normalized spacial score (nSPS) is 43.7. The Kier molecular flexibility index (Phi) is 4.34. The molecule has 0 saturated heterocycles. The Morgan fingerprint density at radius 3 is 2.58 bits per heavy atom. The first-order valence-electron chi connectivity index (χ1n) is 12.5. The average molecular weight is 445 g/mol. The molecule has 0 amide bonds. The second-order valence-electron chi connectivity index (χ2n) is 12.0. The van der Waals surface area contributed by atoms with Crippen molar-refractivity contribution in [2.24, 2.45) is 34.5 Å². The lowest BCUT2D eigenvalue weighted by molar-refractivity contribution is -0.154. The molecule has 2 saturated carbocycles. The van der Waals surface area contributed by atoms with Crippen molar-refractivity contribution in [3.8, 4) is 5.69 Å². The molecule has 0 spiro atoms. The third kappa shape index (κ3) is 2.62. The fourth-order valence-electron chi connectivity index (χ4n) is 8.38. The van der Waals surface area contributed by atoms with Gasteiger partial charge in [-0.25, -0.2) is 4.68 Å². The maximum Gasteiger partial charge on any atom is 0.0703 e. The number of hydrogen-bond donors (Lipinski definition) is 2. The Morgan fingerprint density at radius 1 is 1.12 bits per heavy atom. The summed E-state index contributed by atoms with van der Waals surface area (Å²) in [4.78, 5) is 0. The number of hydrogen-bond acceptors (Lipinski definition) is 3. The van der Waals surface area contributed by atoms with Gasteiger partial charge in [-0.3, -0.25) is 0 Å². The summed E-state index contributed by atoms with van der Waals surface area (Å²) >= 11 is 0. The van der Waals surface area contributed by atoms with E-state index in [1.165, 1.54) is 16.7 Å². The summed E-state index contributed by atoms with van der Waals surface area (Å²) in [6.07, 6.45) is 8.93. The molecule has 1 heterocycles. The van der Waals surface area contributed by atoms with Crippen LogP contribution in [0.3, 0.4) is 0 Å². The van der Waals surface area contributed by atoms with Crippen LogP contribution in [-0.2, 0) is 6.42 Å². The fraction of sp³-hybridized carbons (Fsp3) is 0.552. The molecule has 0 bridgehead atoms. The van der Waals surface area contributed by atoms with Crippen molar-refractivity contribution < 1.29 is 10.2 Å². The van der Waals surface area contributed by atoms with E-state index in [2.05, 4.69) is 52.0 Å². The van der Waals surface area contributed by atoms with E-state index in [9.17, 15) is 10.2 Å². The van der Waals surface area contributed by atoms with E-state index in [4.69, 9.17) is 5.10 Å². The molecule has 2 aromatic rings. The summed E-state index contributed by atoms with van der Waals surface area (Å²) in [7, 11) is 0. The van der Waals surface area contributed by atoms with Gasteiger partial charge in [-0.15, -0.1) is 0 Å². The number of fused-ring (bicyclic) bond motifs is 6. The predicted molar refractivity (Wildman–Crippen MR) is 131 cm³/mol. The molecule has 4 nitrogen and oxygen atoms in total. The average Bonchev–Trinajstić information content (AvgIpc) is 3.24. The Morgan fingerprint density at radius 2 is 1.85 bits per heavy atom. The zero-order valence-corrected chi connectivity index (χ0v) is 20.4. The van der Waals surface area contributed by atoms with Gasteiger partial charge in [0.25, 0.3) is 0 Å². The number of aliphatic hydroxyl groups is 2. The Labute approximate surface area is 197 Å². The number of nitrogens with zero attached hydrogens (tertiary/aromatic N) is 2. The summed E-state index contributed by atoms with van der Waals surface area (Å²) in [6, 6.07) is 10.3. The third-order valence-corrected chi connectivity index (χ3v) is 10.4. The van der Waals surface area contributed by atoms with E-state index in [0.717, 1.165) is 24.2 Å². The third-order valence-electron chi connectivity index (χ3n) is 10.4. The first kappa shape index (κ1) is 21.4. The maximum absolute atomic E-state index is 11.7. The maximum atomic E-state index is 11.7. The van der Waals surface area contributed by atoms with Crippen LogP contribution in [0.25, 0.3) is 11.8 Å². The molecule has 1 aromatic heterocycles. The van der Waals surface area contributed by atoms with Gasteiger partial charge in [0.05, 0.1) is 29.3 Å². The molecule has 0 aliphatic heterocycles. The van der Waals surface area contributed by atoms with Crippen molar-refractivity contribution in [2.45, 2.75) is 65.6 Å². The number of allylic oxidation sites excluding steroid dienone is 3. The molecule has 1 aromatic carbocycles. The highest BCUT2D eigenvalue weighted by atomic mass is 16.3. The van der Waals surface area contributed by atoms with Crippen LogP contribution in [0.1, 0.15) is 58.7 Å². The highest BCUT2D eigenvalue weighted by molar-refractivity contribution is 5.66. The standard InChI is InChI=1S/C29H36N2O2/c1-17-11-21-23-12-18(2)29(5,33)28(23,4)15-25(32)26(21)27(3)14-19-16-30-31(24(19)13-22(17)27)20-9-7-6-8-10-20/h6-11,13,16,18,21,23,25-26,32-33H,12,14-15H2,1-5H3. The van der Waals surface area contributed by atoms with Gasteiger partial charge < -0.3 is 10.2 Å². The van der Waals surface area contributed by atoms with E-state index < -0.39 is 11.7 Å². The van der Waals surface area contributed by atoms with Gasteiger partial charge in [-0.05, 0) is 80.2 Å². The summed E-state index contributed by atoms with van der Waals surface area (Å²) in [5.41, 5.74) is 5.00. The van der Waals surface area contributed by atoms with E-state index in [1.807, 2.05) is 36.0 Å². The second-order valence-corrected chi connectivity index (χ2v) is 12.0. The van der Waals surface area contributed by atoms with Crippen LogP contribution in [0.2, 0.25) is 0 Å². The highest BCUT2D eigenvalue weighted by Crippen LogP contribution is 2.68. The summed E-state index contributed by atoms with van der Waals surface area (Å²) in [6.45, 7) is 11.0. The Bertz CT molecular complexity index is 1180. The minimum Gasteiger partial charge on any atom is -0.393 e. The molecule has 2 N–H and O–H groups in total. The SMILES string of the molecule is CC1=CC2C(C(O)CC3(C)C2CC(C)C3(C)O)C2(C)Cc3cnn(-c4ccccc4)c3C=C12. The minimum absolute atomic E-state index is 0.139. The summed E-state index contributed by atoms with van der Waals surface area (Å²) < 4.78 is 2.05. The predicted octanol–water partition coefficient (Wildman–Crippen LogP) is 5.19. The molecule has 4 aliphatic carbocycles. The first-order valence-corrected chi connectivity index (χ1v) is 12.5. The number of aromatic nitrogens is 2. The second kappa shape index (κ2) is 6.70. The van der Waals surface area contributed by atoms with Crippen molar-refractivity contribution in [3.05, 3.63) is 65.0 Å². The van der Waals surface area contributed by atoms with Crippen molar-refractivity contribution in [2.75, 3.05) is 0 Å². The molecular formula is C29H36N2O2. The van der Waals surface area contributed by atoms with Gasteiger partial charge in [-0.1, -0.05) is 50.6 Å². The number of para-hydroxylation sites is 1. The topological polar surface area (TPSA) is 58.3 Å². The lowest BCUT2D eigenvalue weighted by Gasteiger charge is -2.59. The summed E-state index contributed by atoms with van der Waals surface area (Å²) in [5, 5.41) is 27.9. The van der Waals surface area contributed by atoms with Gasteiger partial charge in [0, 0.05) is 16.7 Å². The van der Waals surface area contributed by atoms with Crippen molar-refractivity contribution >= 4 is 6.08 Å². The molecule has 6 rings (SSSR count). The van der Waals surface area contributed by atoms with Crippen molar-refractivity contribution in [1.82, 2.24) is 9.78 Å². The highest BCUT2D eigenvalue weighted by Gasteiger charge is 2.66. The smallest absolute Gasteiger partial charge is 0.0703 e. The number of rotatable bonds is 1. The molecule has 2 fully saturated rings. The molecule has 33 heavy (non-hydrogen) atoms. The van der Waals surface area contributed by atoms with Crippen LogP contribution < -0.4 is 0 Å². The fourth-order valence-corrected chi connectivity index (χ4v) is 8.38. The number of benzene rings is 1. The van der Waals surface area contributed by atoms with Crippen molar-refractivity contribution in [1.29, 1.82) is 0 Å². The van der Waals surface area contributed by atoms with Gasteiger partial charge in [0.15, 0.2) is 0 Å². The first-order chi connectivity index (χ1) is 15.6. The van der Waals surface area contributed by atoms with Crippen LogP contribution in [0, 0.1) is 34.5 Å². The Hall–Kier alpha value is -2.17. The van der Waals surface area contributed by atoms with Crippen LogP contribution in [0.4, 0.5) is 0 Å². The zero-order valence-electron chi connectivity index (χ0n) is 20.4. The molecular weight excluding hydrogens is 408 g/mol. The van der Waals surface area contributed by atoms with Crippen molar-refractivity contribution in [3.63, 3.8) is 0 Å². The molecule has 8 unspecified atom stereocenters. The monoisotopic (exact) mass is 444 g/mol. The molecule has 4 heteroatoms. The molecule has 174 valence electrons. The van der Waals surface area contributed by atoms with Crippen LogP contribution in [-0.4, -0.2) is 31.7 Å². The summed E-state index contributed by atoms with van der Waals surface area (Å²) in [5.74, 6) is 1.06. The van der Waals surface area contributed by atoms with Gasteiger partial charge in [0.2, 0.25) is 0 Å². The van der Waals surface area contributed by atoms with Crippen LogP contribution >= 0.6 is 0 Å². The van der Waals surface area contributed by atoms with E-state index in [-0.39, 0.29) is 28.6 Å². The quantitative estimate of drug-likeness (QED) is 0.637. The van der Waals surface area contributed by atoms with E-state index in [1.54, 1.807) is 0 Å². The lowest BCUT2D eigenvalue weighted by Crippen LogP contribution is -2.59. The lowest BCUT2D eigenvalue weighted by atomic mass is 9.46. The molecule has 4 aliphatic rings. The van der Waals surface area contributed by atoms with E-state index >= 15 is 0 Å². The van der Waals surface area contributed by atoms with Gasteiger partial charge >= 0.3 is 0 Å². The van der Waals surface area contributed by atoms with E-state index in [0.29, 0.717) is 12.3 Å². The molecule has 8 atom stereocenters. The number of aliphatic hydroxyl groups excluding tert-OH is 1. The van der Waals surface area contributed by atoms with Crippen LogP contribution in [0.5, 0.6) is 0 Å². The Balaban J connectivity index is 1.48. The largest absolute Gasteiger partial charge is 0.393 e. The minimum atomic E-state index is -0.751. The van der Waals surface area contributed by atoms with Gasteiger partial charge in [0.1, 0.15) is 0 Å². The molecule has 0 radical (unpaired) electrons.